The first-order valence-corrected chi connectivity index (χ1v) is 7.34. The first-order valence-electron chi connectivity index (χ1n) is 6.96. The predicted molar refractivity (Wildman–Crippen MR) is 79.2 cm³/mol. The summed E-state index contributed by atoms with van der Waals surface area (Å²) in [7, 11) is 0. The summed E-state index contributed by atoms with van der Waals surface area (Å²) in [5, 5.41) is 0.362. The molecule has 0 bridgehead atoms. The van der Waals surface area contributed by atoms with Crippen LogP contribution < -0.4 is 0 Å². The van der Waals surface area contributed by atoms with Crippen LogP contribution in [0.1, 0.15) is 6.42 Å². The second kappa shape index (κ2) is 5.16. The van der Waals surface area contributed by atoms with Crippen LogP contribution in [-0.2, 0) is 11.3 Å². The topological polar surface area (TPSA) is 53.1 Å². The van der Waals surface area contributed by atoms with E-state index in [-0.39, 0.29) is 0 Å². The molecule has 1 aliphatic rings. The number of pyridine rings is 1. The zero-order valence-corrected chi connectivity index (χ0v) is 12.1. The van der Waals surface area contributed by atoms with Gasteiger partial charge in [0.25, 0.3) is 0 Å². The summed E-state index contributed by atoms with van der Waals surface area (Å²) in [6.07, 6.45) is 2.84. The lowest BCUT2D eigenvalue weighted by atomic mass is 10.1. The first kappa shape index (κ1) is 12.9. The third-order valence-electron chi connectivity index (χ3n) is 3.76. The van der Waals surface area contributed by atoms with E-state index in [0.29, 0.717) is 16.9 Å². The van der Waals surface area contributed by atoms with E-state index in [4.69, 9.17) is 20.8 Å². The molecule has 0 aliphatic carbocycles. The first-order chi connectivity index (χ1) is 10.3. The molecule has 0 N–H and O–H groups in total. The van der Waals surface area contributed by atoms with Crippen LogP contribution in [0.2, 0.25) is 5.22 Å². The van der Waals surface area contributed by atoms with Crippen LogP contribution in [0.25, 0.3) is 22.7 Å². The van der Waals surface area contributed by atoms with Crippen LogP contribution >= 0.6 is 11.6 Å². The standard InChI is InChI=1S/C15H14ClN3O2/c16-13-4-3-12(21-13)15-18-11-2-1-6-17-14(11)19(15)8-10-5-7-20-9-10/h1-4,6,10H,5,7-9H2. The van der Waals surface area contributed by atoms with Gasteiger partial charge in [0.1, 0.15) is 5.52 Å². The summed E-state index contributed by atoms with van der Waals surface area (Å²) in [5.41, 5.74) is 1.73. The number of hydrogen-bond acceptors (Lipinski definition) is 4. The van der Waals surface area contributed by atoms with E-state index in [1.807, 2.05) is 18.2 Å². The van der Waals surface area contributed by atoms with Crippen molar-refractivity contribution < 1.29 is 9.15 Å². The van der Waals surface area contributed by atoms with E-state index >= 15 is 0 Å². The zero-order chi connectivity index (χ0) is 14.2. The zero-order valence-electron chi connectivity index (χ0n) is 11.3. The molecule has 0 radical (unpaired) electrons. The number of rotatable bonds is 3. The maximum Gasteiger partial charge on any atom is 0.194 e. The van der Waals surface area contributed by atoms with E-state index in [2.05, 4.69) is 14.5 Å². The summed E-state index contributed by atoms with van der Waals surface area (Å²) in [5.74, 6) is 1.91. The monoisotopic (exact) mass is 303 g/mol. The minimum Gasteiger partial charge on any atom is -0.441 e. The molecule has 0 aromatic carbocycles. The highest BCUT2D eigenvalue weighted by atomic mass is 35.5. The molecule has 3 aromatic heterocycles. The highest BCUT2D eigenvalue weighted by Gasteiger charge is 2.22. The number of hydrogen-bond donors (Lipinski definition) is 0. The quantitative estimate of drug-likeness (QED) is 0.744. The number of fused-ring (bicyclic) bond motifs is 1. The Morgan fingerprint density at radius 3 is 3.05 bits per heavy atom. The van der Waals surface area contributed by atoms with Gasteiger partial charge in [-0.15, -0.1) is 0 Å². The minimum atomic E-state index is 0.362. The van der Waals surface area contributed by atoms with Gasteiger partial charge in [0.2, 0.25) is 0 Å². The molecule has 1 fully saturated rings. The lowest BCUT2D eigenvalue weighted by molar-refractivity contribution is 0.183. The van der Waals surface area contributed by atoms with Gasteiger partial charge in [-0.2, -0.15) is 0 Å². The van der Waals surface area contributed by atoms with E-state index in [9.17, 15) is 0 Å². The Kier molecular flexibility index (Phi) is 3.16. The normalized spacial score (nSPS) is 18.6. The number of furan rings is 1. The third-order valence-corrected chi connectivity index (χ3v) is 3.97. The van der Waals surface area contributed by atoms with Gasteiger partial charge in [0.15, 0.2) is 22.5 Å². The van der Waals surface area contributed by atoms with Crippen LogP contribution in [0.3, 0.4) is 0 Å². The number of ether oxygens (including phenoxy) is 1. The molecule has 1 aliphatic heterocycles. The average molecular weight is 304 g/mol. The van der Waals surface area contributed by atoms with Gasteiger partial charge >= 0.3 is 0 Å². The summed E-state index contributed by atoms with van der Waals surface area (Å²) in [6.45, 7) is 2.43. The molecule has 3 aromatic rings. The molecule has 6 heteroatoms. The van der Waals surface area contributed by atoms with Gasteiger partial charge in [-0.25, -0.2) is 9.97 Å². The lowest BCUT2D eigenvalue weighted by Crippen LogP contribution is -2.12. The van der Waals surface area contributed by atoms with Crippen LogP contribution in [0.4, 0.5) is 0 Å². The molecule has 0 spiro atoms. The molecule has 108 valence electrons. The SMILES string of the molecule is Clc1ccc(-c2nc3cccnc3n2CC2CCOC2)o1. The minimum absolute atomic E-state index is 0.362. The Bertz CT molecular complexity index is 774. The van der Waals surface area contributed by atoms with Crippen LogP contribution in [-0.4, -0.2) is 27.7 Å². The van der Waals surface area contributed by atoms with Gasteiger partial charge < -0.3 is 13.7 Å². The van der Waals surface area contributed by atoms with Crippen LogP contribution in [0.15, 0.2) is 34.9 Å². The molecule has 0 saturated carbocycles. The Morgan fingerprint density at radius 2 is 2.29 bits per heavy atom. The van der Waals surface area contributed by atoms with Crippen molar-refractivity contribution in [3.05, 3.63) is 35.7 Å². The molecular formula is C15H14ClN3O2. The van der Waals surface area contributed by atoms with E-state index < -0.39 is 0 Å². The number of imidazole rings is 1. The van der Waals surface area contributed by atoms with Crippen molar-refractivity contribution in [2.75, 3.05) is 13.2 Å². The maximum atomic E-state index is 5.89. The predicted octanol–water partition coefficient (Wildman–Crippen LogP) is 3.38. The second-order valence-corrected chi connectivity index (χ2v) is 5.60. The van der Waals surface area contributed by atoms with Crippen molar-refractivity contribution in [1.82, 2.24) is 14.5 Å². The molecule has 1 atom stereocenters. The lowest BCUT2D eigenvalue weighted by Gasteiger charge is -2.11. The van der Waals surface area contributed by atoms with E-state index in [1.165, 1.54) is 0 Å². The van der Waals surface area contributed by atoms with Gasteiger partial charge in [-0.1, -0.05) is 0 Å². The summed E-state index contributed by atoms with van der Waals surface area (Å²) >= 11 is 5.89. The number of halogens is 1. The highest BCUT2D eigenvalue weighted by molar-refractivity contribution is 6.28. The van der Waals surface area contributed by atoms with E-state index in [1.54, 1.807) is 12.3 Å². The Labute approximate surface area is 126 Å². The Morgan fingerprint density at radius 1 is 1.33 bits per heavy atom. The van der Waals surface area contributed by atoms with Gasteiger partial charge in [-0.3, -0.25) is 0 Å². The van der Waals surface area contributed by atoms with Crippen molar-refractivity contribution >= 4 is 22.8 Å². The fourth-order valence-corrected chi connectivity index (χ4v) is 2.89. The smallest absolute Gasteiger partial charge is 0.194 e. The molecule has 5 nitrogen and oxygen atoms in total. The van der Waals surface area contributed by atoms with Crippen LogP contribution in [0, 0.1) is 5.92 Å². The largest absolute Gasteiger partial charge is 0.441 e. The van der Waals surface area contributed by atoms with Crippen molar-refractivity contribution in [3.63, 3.8) is 0 Å². The molecule has 1 saturated heterocycles. The fraction of sp³-hybridized carbons (Fsp3) is 0.333. The highest BCUT2D eigenvalue weighted by Crippen LogP contribution is 2.29. The summed E-state index contributed by atoms with van der Waals surface area (Å²) in [6, 6.07) is 7.41. The molecule has 4 rings (SSSR count). The number of nitrogens with zero attached hydrogens (tertiary/aromatic N) is 3. The second-order valence-electron chi connectivity index (χ2n) is 5.23. The molecular weight excluding hydrogens is 290 g/mol. The van der Waals surface area contributed by atoms with Crippen molar-refractivity contribution in [3.8, 4) is 11.6 Å². The van der Waals surface area contributed by atoms with Crippen molar-refractivity contribution in [2.24, 2.45) is 5.92 Å². The molecule has 0 amide bonds. The molecule has 21 heavy (non-hydrogen) atoms. The summed E-state index contributed by atoms with van der Waals surface area (Å²) in [4.78, 5) is 9.11. The average Bonchev–Trinajstić information content (AvgIpc) is 3.20. The van der Waals surface area contributed by atoms with Gasteiger partial charge in [-0.05, 0) is 42.3 Å². The third kappa shape index (κ3) is 2.32. The van der Waals surface area contributed by atoms with Crippen molar-refractivity contribution in [1.29, 1.82) is 0 Å². The Hall–Kier alpha value is -1.85. The molecule has 4 heterocycles. The van der Waals surface area contributed by atoms with E-state index in [0.717, 1.165) is 43.2 Å². The number of aromatic nitrogens is 3. The van der Waals surface area contributed by atoms with Crippen molar-refractivity contribution in [2.45, 2.75) is 13.0 Å². The fourth-order valence-electron chi connectivity index (χ4n) is 2.74. The van der Waals surface area contributed by atoms with Gasteiger partial charge in [0.05, 0.1) is 6.61 Å². The summed E-state index contributed by atoms with van der Waals surface area (Å²) < 4.78 is 13.1. The van der Waals surface area contributed by atoms with Crippen LogP contribution in [0.5, 0.6) is 0 Å². The maximum absolute atomic E-state index is 5.89. The Balaban J connectivity index is 1.84. The van der Waals surface area contributed by atoms with Gasteiger partial charge in [0, 0.05) is 25.3 Å². The molecule has 1 unspecified atom stereocenters.